The summed E-state index contributed by atoms with van der Waals surface area (Å²) in [5.74, 6) is 2.00. The fourth-order valence-electron chi connectivity index (χ4n) is 3.33. The lowest BCUT2D eigenvalue weighted by Gasteiger charge is -2.18. The highest BCUT2D eigenvalue weighted by Gasteiger charge is 2.22. The molecule has 12 nitrogen and oxygen atoms in total. The smallest absolute Gasteiger partial charge is 0.215 e. The van der Waals surface area contributed by atoms with Gasteiger partial charge in [0.25, 0.3) is 0 Å². The second-order valence-corrected chi connectivity index (χ2v) is 13.5. The van der Waals surface area contributed by atoms with Crippen molar-refractivity contribution in [2.45, 2.75) is 25.9 Å². The maximum absolute atomic E-state index is 11.8. The van der Waals surface area contributed by atoms with Crippen LogP contribution in [0.4, 0.5) is 0 Å². The lowest BCUT2D eigenvalue weighted by molar-refractivity contribution is 0.310. The average molecular weight is 605 g/mol. The zero-order valence-electron chi connectivity index (χ0n) is 24.6. The van der Waals surface area contributed by atoms with Crippen LogP contribution in [0, 0.1) is 0 Å². The van der Waals surface area contributed by atoms with Crippen molar-refractivity contribution in [2.75, 3.05) is 67.1 Å². The van der Waals surface area contributed by atoms with Crippen molar-refractivity contribution in [1.82, 2.24) is 8.61 Å². The van der Waals surface area contributed by atoms with Gasteiger partial charge in [-0.3, -0.25) is 0 Å². The predicted molar refractivity (Wildman–Crippen MR) is 157 cm³/mol. The first kappa shape index (κ1) is 35.4. The number of sulfonamides is 2. The van der Waals surface area contributed by atoms with Gasteiger partial charge >= 0.3 is 0 Å². The average Bonchev–Trinajstić information content (AvgIpc) is 2.88. The molecule has 2 atom stereocenters. The van der Waals surface area contributed by atoms with Crippen LogP contribution in [-0.4, -0.2) is 92.6 Å². The first-order valence-electron chi connectivity index (χ1n) is 12.6. The molecule has 14 heteroatoms. The van der Waals surface area contributed by atoms with E-state index in [4.69, 9.17) is 30.4 Å². The summed E-state index contributed by atoms with van der Waals surface area (Å²) >= 11 is 0. The SMILES string of the molecule is CCOc1cc(C(N)CS(=O)(=O)N(C)C)ccc1OC.CCOc1cc(C(N)CS(=O)(=O)N(C)C)ccc1OC. The third-order valence-electron chi connectivity index (χ3n) is 5.72. The fraction of sp³-hybridized carbons (Fsp3) is 0.538. The van der Waals surface area contributed by atoms with Gasteiger partial charge in [0.1, 0.15) is 0 Å². The summed E-state index contributed by atoms with van der Waals surface area (Å²) in [5, 5.41) is 0. The molecule has 0 spiro atoms. The number of benzene rings is 2. The number of hydrogen-bond donors (Lipinski definition) is 2. The van der Waals surface area contributed by atoms with E-state index in [2.05, 4.69) is 0 Å². The van der Waals surface area contributed by atoms with Crippen molar-refractivity contribution in [3.05, 3.63) is 47.5 Å². The molecular weight excluding hydrogens is 560 g/mol. The van der Waals surface area contributed by atoms with E-state index in [0.29, 0.717) is 47.3 Å². The van der Waals surface area contributed by atoms with Crippen LogP contribution >= 0.6 is 0 Å². The molecule has 0 aromatic heterocycles. The molecular formula is C26H44N4O8S2. The summed E-state index contributed by atoms with van der Waals surface area (Å²) in [4.78, 5) is 0. The number of nitrogens with two attached hydrogens (primary N) is 2. The molecule has 2 aromatic carbocycles. The van der Waals surface area contributed by atoms with Crippen molar-refractivity contribution in [1.29, 1.82) is 0 Å². The standard InChI is InChI=1S/2C13H22N2O4S/c2*1-5-19-13-8-10(6-7-12(13)18-4)11(14)9-20(16,17)15(2)3/h2*6-8,11H,5,9,14H2,1-4H3. The van der Waals surface area contributed by atoms with Gasteiger partial charge in [-0.1, -0.05) is 12.1 Å². The fourth-order valence-corrected chi connectivity index (χ4v) is 5.22. The van der Waals surface area contributed by atoms with Gasteiger partial charge in [0.15, 0.2) is 23.0 Å². The van der Waals surface area contributed by atoms with Crippen LogP contribution in [0.15, 0.2) is 36.4 Å². The Hall–Kier alpha value is -2.62. The third kappa shape index (κ3) is 10.4. The molecule has 0 aliphatic carbocycles. The summed E-state index contributed by atoms with van der Waals surface area (Å²) in [6, 6.07) is 9.15. The number of methoxy groups -OCH3 is 2. The number of ether oxygens (including phenoxy) is 4. The lowest BCUT2D eigenvalue weighted by atomic mass is 10.1. The topological polar surface area (TPSA) is 164 Å². The Morgan fingerprint density at radius 3 is 1.23 bits per heavy atom. The van der Waals surface area contributed by atoms with Gasteiger partial charge in [0, 0.05) is 40.3 Å². The zero-order valence-corrected chi connectivity index (χ0v) is 26.2. The molecule has 0 amide bonds. The third-order valence-corrected chi connectivity index (χ3v) is 9.51. The van der Waals surface area contributed by atoms with Crippen molar-refractivity contribution in [3.8, 4) is 23.0 Å². The highest BCUT2D eigenvalue weighted by atomic mass is 32.2. The van der Waals surface area contributed by atoms with E-state index in [9.17, 15) is 16.8 Å². The first-order valence-corrected chi connectivity index (χ1v) is 15.8. The maximum atomic E-state index is 11.8. The van der Waals surface area contributed by atoms with Crippen molar-refractivity contribution in [2.24, 2.45) is 11.5 Å². The molecule has 0 heterocycles. The molecule has 0 aliphatic heterocycles. The lowest BCUT2D eigenvalue weighted by Crippen LogP contribution is -2.31. The van der Waals surface area contributed by atoms with E-state index in [-0.39, 0.29) is 11.5 Å². The summed E-state index contributed by atoms with van der Waals surface area (Å²) < 4.78 is 71.0. The Balaban J connectivity index is 0.000000400. The quantitative estimate of drug-likeness (QED) is 0.326. The van der Waals surface area contributed by atoms with Gasteiger partial charge in [-0.05, 0) is 49.2 Å². The summed E-state index contributed by atoms with van der Waals surface area (Å²) in [7, 11) is 2.35. The molecule has 2 unspecified atom stereocenters. The highest BCUT2D eigenvalue weighted by molar-refractivity contribution is 7.89. The largest absolute Gasteiger partial charge is 0.493 e. The maximum Gasteiger partial charge on any atom is 0.215 e. The van der Waals surface area contributed by atoms with Crippen LogP contribution in [0.3, 0.4) is 0 Å². The van der Waals surface area contributed by atoms with Gasteiger partial charge in [-0.25, -0.2) is 25.4 Å². The predicted octanol–water partition coefficient (Wildman–Crippen LogP) is 1.97. The summed E-state index contributed by atoms with van der Waals surface area (Å²) in [5.41, 5.74) is 13.3. The Bertz CT molecular complexity index is 1190. The molecule has 0 saturated heterocycles. The molecule has 40 heavy (non-hydrogen) atoms. The number of hydrogen-bond acceptors (Lipinski definition) is 10. The van der Waals surface area contributed by atoms with Crippen LogP contribution in [-0.2, 0) is 20.0 Å². The van der Waals surface area contributed by atoms with E-state index < -0.39 is 32.1 Å². The van der Waals surface area contributed by atoms with Gasteiger partial charge in [-0.15, -0.1) is 0 Å². The minimum Gasteiger partial charge on any atom is -0.493 e. The summed E-state index contributed by atoms with van der Waals surface area (Å²) in [6.07, 6.45) is 0. The minimum atomic E-state index is -3.35. The molecule has 0 fully saturated rings. The van der Waals surface area contributed by atoms with Crippen LogP contribution in [0.5, 0.6) is 23.0 Å². The highest BCUT2D eigenvalue weighted by Crippen LogP contribution is 2.31. The van der Waals surface area contributed by atoms with E-state index in [1.807, 2.05) is 13.8 Å². The number of rotatable bonds is 14. The molecule has 228 valence electrons. The van der Waals surface area contributed by atoms with Crippen molar-refractivity contribution < 1.29 is 35.8 Å². The number of nitrogens with zero attached hydrogens (tertiary/aromatic N) is 2. The van der Waals surface area contributed by atoms with Crippen LogP contribution in [0.1, 0.15) is 37.1 Å². The van der Waals surface area contributed by atoms with Crippen molar-refractivity contribution >= 4 is 20.0 Å². The van der Waals surface area contributed by atoms with Crippen LogP contribution < -0.4 is 30.4 Å². The normalized spacial score (nSPS) is 13.3. The van der Waals surface area contributed by atoms with E-state index in [1.54, 1.807) is 50.6 Å². The zero-order chi connectivity index (χ0) is 30.7. The van der Waals surface area contributed by atoms with Gasteiger partial charge in [0.05, 0.1) is 38.9 Å². The molecule has 0 saturated carbocycles. The van der Waals surface area contributed by atoms with Gasteiger partial charge in [0.2, 0.25) is 20.0 Å². The molecule has 0 aliphatic rings. The Morgan fingerprint density at radius 2 is 0.975 bits per heavy atom. The monoisotopic (exact) mass is 604 g/mol. The minimum absolute atomic E-state index is 0.155. The molecule has 2 rings (SSSR count). The molecule has 0 radical (unpaired) electrons. The molecule has 2 aromatic rings. The van der Waals surface area contributed by atoms with Gasteiger partial charge < -0.3 is 30.4 Å². The Kier molecular flexibility index (Phi) is 14.1. The van der Waals surface area contributed by atoms with Crippen molar-refractivity contribution in [3.63, 3.8) is 0 Å². The van der Waals surface area contributed by atoms with Crippen LogP contribution in [0.2, 0.25) is 0 Å². The Morgan fingerprint density at radius 1 is 0.650 bits per heavy atom. The van der Waals surface area contributed by atoms with Crippen LogP contribution in [0.25, 0.3) is 0 Å². The van der Waals surface area contributed by atoms with E-state index in [0.717, 1.165) is 0 Å². The van der Waals surface area contributed by atoms with Gasteiger partial charge in [-0.2, -0.15) is 0 Å². The Labute approximate surface area is 239 Å². The van der Waals surface area contributed by atoms with E-state index >= 15 is 0 Å². The molecule has 0 bridgehead atoms. The first-order chi connectivity index (χ1) is 18.6. The van der Waals surface area contributed by atoms with E-state index in [1.165, 1.54) is 36.8 Å². The second kappa shape index (κ2) is 16.0. The molecule has 4 N–H and O–H groups in total. The summed E-state index contributed by atoms with van der Waals surface area (Å²) in [6.45, 7) is 4.71. The second-order valence-electron chi connectivity index (χ2n) is 9.02.